The number of aliphatic imine (C=N–C) groups is 1. The van der Waals surface area contributed by atoms with Gasteiger partial charge in [0.1, 0.15) is 18.2 Å². The third-order valence-corrected chi connectivity index (χ3v) is 3.15. The van der Waals surface area contributed by atoms with Crippen LogP contribution in [-0.2, 0) is 6.18 Å². The SMILES string of the molecule is FC(F)(F)c1cc(C2=NCC=NN2)ccc1OCC1=NN=CC1. The van der Waals surface area contributed by atoms with Crippen LogP contribution in [-0.4, -0.2) is 37.1 Å². The van der Waals surface area contributed by atoms with Crippen LogP contribution in [0.15, 0.2) is 38.5 Å². The van der Waals surface area contributed by atoms with E-state index in [-0.39, 0.29) is 18.2 Å². The van der Waals surface area contributed by atoms with E-state index in [9.17, 15) is 13.2 Å². The third kappa shape index (κ3) is 3.55. The number of hydrazone groups is 1. The van der Waals surface area contributed by atoms with Crippen LogP contribution >= 0.6 is 0 Å². The molecule has 0 fully saturated rings. The van der Waals surface area contributed by atoms with Crippen molar-refractivity contribution >= 4 is 24.0 Å². The Labute approximate surface area is 129 Å². The fourth-order valence-electron chi connectivity index (χ4n) is 2.05. The van der Waals surface area contributed by atoms with E-state index in [0.29, 0.717) is 24.2 Å². The second kappa shape index (κ2) is 6.19. The van der Waals surface area contributed by atoms with E-state index < -0.39 is 11.7 Å². The molecule has 0 aliphatic carbocycles. The number of nitrogens with one attached hydrogen (secondary N) is 1. The Bertz CT molecular complexity index is 722. The van der Waals surface area contributed by atoms with Crippen LogP contribution in [0.3, 0.4) is 0 Å². The first-order valence-corrected chi connectivity index (χ1v) is 6.77. The number of benzene rings is 1. The second-order valence-electron chi connectivity index (χ2n) is 4.78. The van der Waals surface area contributed by atoms with Gasteiger partial charge in [0.15, 0.2) is 0 Å². The van der Waals surface area contributed by atoms with E-state index in [1.165, 1.54) is 18.3 Å². The molecule has 120 valence electrons. The minimum atomic E-state index is -4.54. The van der Waals surface area contributed by atoms with Crippen LogP contribution in [0.5, 0.6) is 5.75 Å². The number of alkyl halides is 3. The molecule has 0 bridgehead atoms. The molecule has 9 heteroatoms. The van der Waals surface area contributed by atoms with Gasteiger partial charge >= 0.3 is 6.18 Å². The topological polar surface area (TPSA) is 70.7 Å². The smallest absolute Gasteiger partial charge is 0.419 e. The molecule has 2 aliphatic rings. The molecule has 2 aliphatic heterocycles. The number of ether oxygens (including phenoxy) is 1. The lowest BCUT2D eigenvalue weighted by Gasteiger charge is -2.16. The summed E-state index contributed by atoms with van der Waals surface area (Å²) in [7, 11) is 0. The lowest BCUT2D eigenvalue weighted by Crippen LogP contribution is -2.24. The first-order chi connectivity index (χ1) is 11.0. The van der Waals surface area contributed by atoms with Crippen molar-refractivity contribution in [3.05, 3.63) is 29.3 Å². The zero-order chi connectivity index (χ0) is 16.3. The minimum Gasteiger partial charge on any atom is -0.487 e. The summed E-state index contributed by atoms with van der Waals surface area (Å²) >= 11 is 0. The summed E-state index contributed by atoms with van der Waals surface area (Å²) in [6, 6.07) is 3.77. The Hall–Kier alpha value is -2.71. The molecule has 23 heavy (non-hydrogen) atoms. The average Bonchev–Trinajstić information content (AvgIpc) is 3.06. The molecule has 1 aromatic rings. The predicted octanol–water partition coefficient (Wildman–Crippen LogP) is 2.25. The van der Waals surface area contributed by atoms with Crippen molar-refractivity contribution in [2.24, 2.45) is 20.3 Å². The normalized spacial score (nSPS) is 16.8. The summed E-state index contributed by atoms with van der Waals surface area (Å²) in [5.74, 6) is 0.0360. The van der Waals surface area contributed by atoms with Gasteiger partial charge in [-0.3, -0.25) is 10.4 Å². The lowest BCUT2D eigenvalue weighted by molar-refractivity contribution is -0.138. The molecule has 0 radical (unpaired) electrons. The minimum absolute atomic E-state index is 0.0358. The van der Waals surface area contributed by atoms with E-state index in [2.05, 4.69) is 25.7 Å². The van der Waals surface area contributed by atoms with E-state index in [4.69, 9.17) is 4.74 Å². The van der Waals surface area contributed by atoms with Crippen LogP contribution in [0.4, 0.5) is 13.2 Å². The van der Waals surface area contributed by atoms with Gasteiger partial charge in [-0.05, 0) is 18.2 Å². The molecular formula is C14H12F3N5O. The van der Waals surface area contributed by atoms with Crippen LogP contribution in [0.2, 0.25) is 0 Å². The van der Waals surface area contributed by atoms with Gasteiger partial charge in [0.25, 0.3) is 0 Å². The van der Waals surface area contributed by atoms with Crippen molar-refractivity contribution in [2.45, 2.75) is 12.6 Å². The largest absolute Gasteiger partial charge is 0.487 e. The van der Waals surface area contributed by atoms with E-state index >= 15 is 0 Å². The van der Waals surface area contributed by atoms with Crippen molar-refractivity contribution in [3.8, 4) is 5.75 Å². The molecule has 1 aromatic carbocycles. The molecule has 0 unspecified atom stereocenters. The first-order valence-electron chi connectivity index (χ1n) is 6.77. The number of halogens is 3. The molecule has 6 nitrogen and oxygen atoms in total. The number of amidine groups is 1. The zero-order valence-corrected chi connectivity index (χ0v) is 11.8. The Morgan fingerprint density at radius 2 is 2.09 bits per heavy atom. The summed E-state index contributed by atoms with van der Waals surface area (Å²) in [5, 5.41) is 11.2. The standard InChI is InChI=1S/C14H12F3N5O/c15-14(16,17)11-7-9(13-18-5-6-20-22-13)1-2-12(11)23-8-10-3-4-19-21-10/h1-2,4,6-7H,3,5,8H2,(H,18,22). The maximum absolute atomic E-state index is 13.3. The maximum Gasteiger partial charge on any atom is 0.419 e. The van der Waals surface area contributed by atoms with Crippen molar-refractivity contribution in [1.82, 2.24) is 5.43 Å². The highest BCUT2D eigenvalue weighted by atomic mass is 19.4. The number of hydrogen-bond donors (Lipinski definition) is 1. The van der Waals surface area contributed by atoms with E-state index in [1.807, 2.05) is 0 Å². The molecule has 0 amide bonds. The van der Waals surface area contributed by atoms with Gasteiger partial charge < -0.3 is 4.74 Å². The highest BCUT2D eigenvalue weighted by Gasteiger charge is 2.35. The summed E-state index contributed by atoms with van der Waals surface area (Å²) in [6.07, 6.45) is -0.966. The Morgan fingerprint density at radius 3 is 2.74 bits per heavy atom. The van der Waals surface area contributed by atoms with Crippen molar-refractivity contribution < 1.29 is 17.9 Å². The Kier molecular flexibility index (Phi) is 4.09. The van der Waals surface area contributed by atoms with Crippen LogP contribution < -0.4 is 10.2 Å². The lowest BCUT2D eigenvalue weighted by atomic mass is 10.1. The van der Waals surface area contributed by atoms with Crippen molar-refractivity contribution in [3.63, 3.8) is 0 Å². The van der Waals surface area contributed by atoms with Gasteiger partial charge in [0, 0.05) is 24.4 Å². The fourth-order valence-corrected chi connectivity index (χ4v) is 2.05. The summed E-state index contributed by atoms with van der Waals surface area (Å²) < 4.78 is 45.1. The quantitative estimate of drug-likeness (QED) is 0.923. The highest BCUT2D eigenvalue weighted by Crippen LogP contribution is 2.37. The van der Waals surface area contributed by atoms with Crippen molar-refractivity contribution in [2.75, 3.05) is 13.2 Å². The molecule has 0 aromatic heterocycles. The highest BCUT2D eigenvalue weighted by molar-refractivity contribution is 6.01. The average molecular weight is 323 g/mol. The van der Waals surface area contributed by atoms with Crippen LogP contribution in [0.1, 0.15) is 17.5 Å². The fraction of sp³-hybridized carbons (Fsp3) is 0.286. The Morgan fingerprint density at radius 1 is 1.22 bits per heavy atom. The van der Waals surface area contributed by atoms with Crippen LogP contribution in [0.25, 0.3) is 0 Å². The van der Waals surface area contributed by atoms with Gasteiger partial charge in [-0.1, -0.05) is 0 Å². The van der Waals surface area contributed by atoms with E-state index in [0.717, 1.165) is 6.07 Å². The van der Waals surface area contributed by atoms with Gasteiger partial charge in [-0.25, -0.2) is 0 Å². The molecular weight excluding hydrogens is 311 g/mol. The molecule has 3 rings (SSSR count). The van der Waals surface area contributed by atoms with Crippen molar-refractivity contribution in [1.29, 1.82) is 0 Å². The monoisotopic (exact) mass is 323 g/mol. The maximum atomic E-state index is 13.3. The number of rotatable bonds is 4. The first kappa shape index (κ1) is 15.2. The summed E-state index contributed by atoms with van der Waals surface area (Å²) in [5.41, 5.74) is 2.59. The van der Waals surface area contributed by atoms with Gasteiger partial charge in [-0.2, -0.15) is 28.5 Å². The Balaban J connectivity index is 1.85. The number of nitrogens with zero attached hydrogens (tertiary/aromatic N) is 4. The molecule has 0 spiro atoms. The summed E-state index contributed by atoms with van der Waals surface area (Å²) in [4.78, 5) is 4.07. The van der Waals surface area contributed by atoms with Gasteiger partial charge in [-0.15, -0.1) is 0 Å². The third-order valence-electron chi connectivity index (χ3n) is 3.15. The molecule has 0 atom stereocenters. The zero-order valence-electron chi connectivity index (χ0n) is 11.8. The summed E-state index contributed by atoms with van der Waals surface area (Å²) in [6.45, 7) is 0.285. The van der Waals surface area contributed by atoms with Gasteiger partial charge in [0.05, 0.1) is 17.8 Å². The number of hydrogen-bond acceptors (Lipinski definition) is 6. The van der Waals surface area contributed by atoms with Crippen LogP contribution in [0, 0.1) is 0 Å². The van der Waals surface area contributed by atoms with Gasteiger partial charge in [0.2, 0.25) is 0 Å². The molecule has 2 heterocycles. The predicted molar refractivity (Wildman–Crippen MR) is 80.5 cm³/mol. The molecule has 0 saturated heterocycles. The molecule has 0 saturated carbocycles. The second-order valence-corrected chi connectivity index (χ2v) is 4.78. The molecule has 1 N–H and O–H groups in total. The van der Waals surface area contributed by atoms with E-state index in [1.54, 1.807) is 6.21 Å².